The van der Waals surface area contributed by atoms with Crippen molar-refractivity contribution in [3.8, 4) is 17.2 Å². The molecule has 5 aliphatic rings. The van der Waals surface area contributed by atoms with E-state index in [4.69, 9.17) is 9.47 Å². The molecular weight excluding hydrogens is 724 g/mol. The number of halogens is 1. The third-order valence-corrected chi connectivity index (χ3v) is 13.1. The number of carbonyl (C=O) groups is 3. The number of methoxy groups -OCH3 is 1. The average molecular weight is 773 g/mol. The van der Waals surface area contributed by atoms with Gasteiger partial charge < -0.3 is 30.1 Å². The summed E-state index contributed by atoms with van der Waals surface area (Å²) in [6, 6.07) is 24.7. The minimum absolute atomic E-state index is 0.0964. The molecule has 5 atom stereocenters. The fourth-order valence-corrected chi connectivity index (χ4v) is 10.5. The Bertz CT molecular complexity index is 2160. The van der Waals surface area contributed by atoms with Crippen molar-refractivity contribution >= 4 is 23.4 Å². The first-order valence-corrected chi connectivity index (χ1v) is 20.4. The van der Waals surface area contributed by atoms with Gasteiger partial charge in [0.1, 0.15) is 29.1 Å². The Labute approximate surface area is 332 Å². The summed E-state index contributed by atoms with van der Waals surface area (Å²) in [6.45, 7) is 1.80. The van der Waals surface area contributed by atoms with Gasteiger partial charge in [0.05, 0.1) is 18.8 Å². The highest BCUT2D eigenvalue weighted by molar-refractivity contribution is 6.06. The normalized spacial score (nSPS) is 26.5. The molecule has 296 valence electrons. The number of aryl methyl sites for hydroxylation is 1. The number of hydrogen-bond acceptors (Lipinski definition) is 8. The maximum Gasteiger partial charge on any atom is 0.258 e. The topological polar surface area (TPSA) is 129 Å². The van der Waals surface area contributed by atoms with Crippen LogP contribution in [0, 0.1) is 17.7 Å². The lowest BCUT2D eigenvalue weighted by atomic mass is 9.69. The van der Waals surface area contributed by atoms with E-state index in [1.807, 2.05) is 36.4 Å². The lowest BCUT2D eigenvalue weighted by Crippen LogP contribution is -2.52. The first-order chi connectivity index (χ1) is 27.7. The third kappa shape index (κ3) is 7.45. The van der Waals surface area contributed by atoms with E-state index in [0.717, 1.165) is 67.6 Å². The Morgan fingerprint density at radius 3 is 2.33 bits per heavy atom. The standard InChI is InChI=1S/C46H49FN4O6/c1-56-41-24-34(20-31-25-51(46(55)44(31)41)40-14-15-42(53)50-45(40)54)49-17-16-48-33-18-29-22-37(23-30(29)19-33)57-36-10-4-27(5-11-36)43-38(26-2-7-32(47)8-3-26)12-6-28-21-35(52)9-13-39(28)43/h2-5,7-11,13,20-21,24,29-30,33,37-38,40,43,48-49,52H,6,12,14-19,22-23,25H2,1H3,(H,50,53,54)/t29?,30?,33?,37?,38-,40?,43+/m1/s1. The van der Waals surface area contributed by atoms with Crippen molar-refractivity contribution in [3.05, 3.63) is 118 Å². The number of imide groups is 1. The Kier molecular flexibility index (Phi) is 10.1. The second-order valence-corrected chi connectivity index (χ2v) is 16.5. The molecule has 3 unspecified atom stereocenters. The van der Waals surface area contributed by atoms with E-state index in [1.165, 1.54) is 16.7 Å². The quantitative estimate of drug-likeness (QED) is 0.0969. The number of rotatable bonds is 11. The molecule has 3 fully saturated rings. The maximum absolute atomic E-state index is 13.8. The number of benzene rings is 4. The van der Waals surface area contributed by atoms with E-state index in [9.17, 15) is 23.9 Å². The summed E-state index contributed by atoms with van der Waals surface area (Å²) in [4.78, 5) is 39.0. The molecule has 3 aliphatic carbocycles. The van der Waals surface area contributed by atoms with Crippen LogP contribution in [-0.2, 0) is 22.6 Å². The molecule has 10 nitrogen and oxygen atoms in total. The van der Waals surface area contributed by atoms with Crippen LogP contribution in [0.3, 0.4) is 0 Å². The maximum atomic E-state index is 13.8. The number of carbonyl (C=O) groups excluding carboxylic acids is 3. The number of nitrogens with one attached hydrogen (secondary N) is 3. The predicted molar refractivity (Wildman–Crippen MR) is 213 cm³/mol. The molecule has 0 radical (unpaired) electrons. The molecule has 1 saturated heterocycles. The summed E-state index contributed by atoms with van der Waals surface area (Å²) in [7, 11) is 1.54. The van der Waals surface area contributed by atoms with Crippen molar-refractivity contribution in [3.63, 3.8) is 0 Å². The number of nitrogens with zero attached hydrogens (tertiary/aromatic N) is 1. The van der Waals surface area contributed by atoms with Crippen molar-refractivity contribution in [2.75, 3.05) is 25.5 Å². The number of aromatic hydroxyl groups is 1. The van der Waals surface area contributed by atoms with E-state index >= 15 is 0 Å². The van der Waals surface area contributed by atoms with E-state index < -0.39 is 11.9 Å². The van der Waals surface area contributed by atoms with Gasteiger partial charge in [-0.1, -0.05) is 30.3 Å². The molecule has 3 amide bonds. The highest BCUT2D eigenvalue weighted by Crippen LogP contribution is 2.48. The molecule has 2 aliphatic heterocycles. The Hall–Kier alpha value is -5.42. The molecule has 11 heteroatoms. The lowest BCUT2D eigenvalue weighted by molar-refractivity contribution is -0.136. The van der Waals surface area contributed by atoms with Gasteiger partial charge >= 0.3 is 0 Å². The van der Waals surface area contributed by atoms with Gasteiger partial charge in [0.15, 0.2) is 0 Å². The Balaban J connectivity index is 0.762. The minimum Gasteiger partial charge on any atom is -0.508 e. The summed E-state index contributed by atoms with van der Waals surface area (Å²) in [5, 5.41) is 19.8. The van der Waals surface area contributed by atoms with Crippen LogP contribution in [0.1, 0.15) is 95.0 Å². The number of phenolic OH excluding ortho intramolecular Hbond substituents is 1. The number of piperidine rings is 1. The molecule has 57 heavy (non-hydrogen) atoms. The van der Waals surface area contributed by atoms with Gasteiger partial charge in [-0.3, -0.25) is 19.7 Å². The second kappa shape index (κ2) is 15.5. The predicted octanol–water partition coefficient (Wildman–Crippen LogP) is 6.80. The van der Waals surface area contributed by atoms with Crippen LogP contribution < -0.4 is 25.4 Å². The van der Waals surface area contributed by atoms with Crippen LogP contribution in [0.15, 0.2) is 78.9 Å². The summed E-state index contributed by atoms with van der Waals surface area (Å²) < 4.78 is 26.0. The minimum atomic E-state index is -0.667. The monoisotopic (exact) mass is 772 g/mol. The van der Waals surface area contributed by atoms with Crippen LogP contribution in [-0.4, -0.2) is 66.1 Å². The second-order valence-electron chi connectivity index (χ2n) is 16.5. The molecule has 4 aromatic rings. The highest BCUT2D eigenvalue weighted by Gasteiger charge is 2.43. The molecule has 0 spiro atoms. The van der Waals surface area contributed by atoms with Crippen LogP contribution in [0.5, 0.6) is 17.2 Å². The first kappa shape index (κ1) is 37.2. The first-order valence-electron chi connectivity index (χ1n) is 20.4. The number of ether oxygens (including phenoxy) is 2. The zero-order valence-corrected chi connectivity index (χ0v) is 32.1. The van der Waals surface area contributed by atoms with Gasteiger partial charge in [-0.05, 0) is 133 Å². The zero-order valence-electron chi connectivity index (χ0n) is 32.1. The Morgan fingerprint density at radius 1 is 0.842 bits per heavy atom. The van der Waals surface area contributed by atoms with Crippen molar-refractivity contribution < 1.29 is 33.4 Å². The van der Waals surface area contributed by atoms with E-state index in [1.54, 1.807) is 30.2 Å². The van der Waals surface area contributed by atoms with Crippen LogP contribution in [0.25, 0.3) is 0 Å². The van der Waals surface area contributed by atoms with Crippen LogP contribution in [0.4, 0.5) is 10.1 Å². The highest BCUT2D eigenvalue weighted by atomic mass is 19.1. The third-order valence-electron chi connectivity index (χ3n) is 13.1. The molecule has 9 rings (SSSR count). The molecule has 4 aromatic carbocycles. The fourth-order valence-electron chi connectivity index (χ4n) is 10.5. The van der Waals surface area contributed by atoms with Crippen molar-refractivity contribution in [1.82, 2.24) is 15.5 Å². The Morgan fingerprint density at radius 2 is 1.60 bits per heavy atom. The van der Waals surface area contributed by atoms with E-state index in [0.29, 0.717) is 48.7 Å². The van der Waals surface area contributed by atoms with E-state index in [-0.39, 0.29) is 47.7 Å². The van der Waals surface area contributed by atoms with Crippen LogP contribution >= 0.6 is 0 Å². The fraction of sp³-hybridized carbons (Fsp3) is 0.413. The lowest BCUT2D eigenvalue weighted by Gasteiger charge is -2.35. The van der Waals surface area contributed by atoms with Gasteiger partial charge in [0.2, 0.25) is 11.8 Å². The number of amides is 3. The number of anilines is 1. The summed E-state index contributed by atoms with van der Waals surface area (Å²) >= 11 is 0. The molecule has 0 aromatic heterocycles. The smallest absolute Gasteiger partial charge is 0.258 e. The SMILES string of the molecule is COc1cc(NCCNC2CC3CC(Oc4ccc([C@@H]5c6ccc(O)cc6CC[C@@H]5c5ccc(F)cc5)cc4)CC3C2)cc2c1C(=O)N(C1CCC(=O)NC1=O)C2. The summed E-state index contributed by atoms with van der Waals surface area (Å²) in [5.74, 6) is 2.02. The number of phenols is 1. The summed E-state index contributed by atoms with van der Waals surface area (Å²) in [6.07, 6.45) is 6.90. The van der Waals surface area contributed by atoms with Gasteiger partial charge in [-0.15, -0.1) is 0 Å². The van der Waals surface area contributed by atoms with Crippen molar-refractivity contribution in [2.45, 2.75) is 87.9 Å². The molecule has 4 N–H and O–H groups in total. The molecule has 0 bridgehead atoms. The van der Waals surface area contributed by atoms with Crippen molar-refractivity contribution in [1.29, 1.82) is 0 Å². The molecule has 2 saturated carbocycles. The number of hydrogen-bond donors (Lipinski definition) is 4. The van der Waals surface area contributed by atoms with Gasteiger partial charge in [0, 0.05) is 49.8 Å². The largest absolute Gasteiger partial charge is 0.508 e. The van der Waals surface area contributed by atoms with E-state index in [2.05, 4.69) is 40.2 Å². The average Bonchev–Trinajstić information content (AvgIpc) is 3.87. The zero-order chi connectivity index (χ0) is 39.2. The van der Waals surface area contributed by atoms with Gasteiger partial charge in [-0.2, -0.15) is 0 Å². The summed E-state index contributed by atoms with van der Waals surface area (Å²) in [5.41, 5.74) is 6.85. The van der Waals surface area contributed by atoms with Gasteiger partial charge in [-0.25, -0.2) is 4.39 Å². The molecular formula is C46H49FN4O6. The van der Waals surface area contributed by atoms with Gasteiger partial charge in [0.25, 0.3) is 5.91 Å². The van der Waals surface area contributed by atoms with Crippen molar-refractivity contribution in [2.24, 2.45) is 11.8 Å². The molecule has 2 heterocycles. The number of fused-ring (bicyclic) bond motifs is 3. The van der Waals surface area contributed by atoms with Crippen LogP contribution in [0.2, 0.25) is 0 Å².